The molecule has 6 aromatic rings. The zero-order chi connectivity index (χ0) is 30.5. The number of carbonyl (C=O) groups is 1. The number of nitrogens with zero attached hydrogens (tertiary/aromatic N) is 3. The van der Waals surface area contributed by atoms with Crippen LogP contribution in [-0.2, 0) is 10.0 Å². The maximum Gasteiger partial charge on any atom is 0.232 e. The minimum absolute atomic E-state index is 0.172. The molecule has 0 aliphatic rings. The molecule has 0 aliphatic heterocycles. The lowest BCUT2D eigenvalue weighted by Crippen LogP contribution is -2.25. The number of benzene rings is 3. The Hall–Kier alpha value is -5.27. The number of furan rings is 1. The zero-order valence-corrected chi connectivity index (χ0v) is 24.3. The van der Waals surface area contributed by atoms with E-state index in [-0.39, 0.29) is 18.0 Å². The SMILES string of the molecule is [C-]#[N+]c1cccc2[nH]c(-c3cncc(-c4cc5c(C(=O)CC)c(-c6ccc(F)cc6)oc5cc4N(C)S(C)(=O)=O)c3)cc12. The van der Waals surface area contributed by atoms with E-state index >= 15 is 0 Å². The van der Waals surface area contributed by atoms with Crippen molar-refractivity contribution in [1.29, 1.82) is 0 Å². The summed E-state index contributed by atoms with van der Waals surface area (Å²) in [6.07, 6.45) is 4.61. The standard InChI is InChI=1S/C33H25FN4O4S/c1-5-30(39)32-25-14-23(20-13-21(18-36-17-20)28-15-24-26(35-2)7-6-8-27(24)37-28)29(38(3)43(4,40)41)16-31(25)42-33(32)19-9-11-22(34)12-10-19/h6-18,37H,5H2,1,3-4H3. The smallest absolute Gasteiger partial charge is 0.232 e. The molecule has 43 heavy (non-hydrogen) atoms. The maximum absolute atomic E-state index is 13.7. The number of pyridine rings is 1. The highest BCUT2D eigenvalue weighted by Crippen LogP contribution is 2.42. The highest BCUT2D eigenvalue weighted by molar-refractivity contribution is 7.92. The molecule has 0 radical (unpaired) electrons. The Kier molecular flexibility index (Phi) is 6.83. The third-order valence-corrected chi connectivity index (χ3v) is 8.66. The molecule has 3 aromatic carbocycles. The number of nitrogens with one attached hydrogen (secondary N) is 1. The second-order valence-corrected chi connectivity index (χ2v) is 12.2. The van der Waals surface area contributed by atoms with Gasteiger partial charge in [0.1, 0.15) is 17.2 Å². The van der Waals surface area contributed by atoms with E-state index in [2.05, 4.69) is 14.8 Å². The van der Waals surface area contributed by atoms with Crippen molar-refractivity contribution in [2.45, 2.75) is 13.3 Å². The van der Waals surface area contributed by atoms with E-state index in [4.69, 9.17) is 11.0 Å². The molecule has 0 saturated heterocycles. The number of sulfonamides is 1. The molecular formula is C33H25FN4O4S. The van der Waals surface area contributed by atoms with E-state index in [9.17, 15) is 17.6 Å². The van der Waals surface area contributed by atoms with E-state index in [0.717, 1.165) is 32.7 Å². The number of anilines is 1. The van der Waals surface area contributed by atoms with Gasteiger partial charge in [-0.1, -0.05) is 19.1 Å². The van der Waals surface area contributed by atoms with Crippen LogP contribution >= 0.6 is 0 Å². The molecule has 10 heteroatoms. The van der Waals surface area contributed by atoms with Crippen LogP contribution in [-0.4, -0.2) is 37.5 Å². The molecule has 6 rings (SSSR count). The summed E-state index contributed by atoms with van der Waals surface area (Å²) in [5.41, 5.74) is 5.43. The topological polar surface area (TPSA) is 101 Å². The number of rotatable bonds is 7. The van der Waals surface area contributed by atoms with Crippen molar-refractivity contribution in [2.24, 2.45) is 0 Å². The molecule has 1 N–H and O–H groups in total. The van der Waals surface area contributed by atoms with Crippen molar-refractivity contribution in [1.82, 2.24) is 9.97 Å². The highest BCUT2D eigenvalue weighted by Gasteiger charge is 2.26. The van der Waals surface area contributed by atoms with Gasteiger partial charge in [-0.15, -0.1) is 0 Å². The van der Waals surface area contributed by atoms with Crippen molar-refractivity contribution in [2.75, 3.05) is 17.6 Å². The predicted octanol–water partition coefficient (Wildman–Crippen LogP) is 7.99. The second-order valence-electron chi connectivity index (χ2n) is 10.2. The van der Waals surface area contributed by atoms with Gasteiger partial charge < -0.3 is 9.40 Å². The number of Topliss-reactive ketones (excluding diaryl/α,β-unsaturated/α-hetero) is 1. The highest BCUT2D eigenvalue weighted by atomic mass is 32.2. The van der Waals surface area contributed by atoms with Gasteiger partial charge in [0.25, 0.3) is 0 Å². The van der Waals surface area contributed by atoms with Crippen LogP contribution in [0.2, 0.25) is 0 Å². The molecule has 0 fully saturated rings. The lowest BCUT2D eigenvalue weighted by Gasteiger charge is -2.20. The molecule has 0 spiro atoms. The van der Waals surface area contributed by atoms with Gasteiger partial charge in [0.05, 0.1) is 24.1 Å². The fraction of sp³-hybridized carbons (Fsp3) is 0.121. The quantitative estimate of drug-likeness (QED) is 0.150. The Balaban J connectivity index is 1.60. The fourth-order valence-electron chi connectivity index (χ4n) is 5.19. The molecule has 0 bridgehead atoms. The number of carbonyl (C=O) groups excluding carboxylic acids is 1. The van der Waals surface area contributed by atoms with Crippen LogP contribution in [0.4, 0.5) is 15.8 Å². The van der Waals surface area contributed by atoms with Crippen LogP contribution in [0.3, 0.4) is 0 Å². The first-order chi connectivity index (χ1) is 20.6. The number of aromatic amines is 1. The number of aromatic nitrogens is 2. The fourth-order valence-corrected chi connectivity index (χ4v) is 5.70. The lowest BCUT2D eigenvalue weighted by atomic mass is 9.96. The number of fused-ring (bicyclic) bond motifs is 2. The summed E-state index contributed by atoms with van der Waals surface area (Å²) in [6.45, 7) is 9.24. The number of ketones is 1. The Labute approximate surface area is 247 Å². The van der Waals surface area contributed by atoms with Crippen molar-refractivity contribution < 1.29 is 22.0 Å². The molecule has 0 aliphatic carbocycles. The number of hydrogen-bond donors (Lipinski definition) is 1. The van der Waals surface area contributed by atoms with Crippen molar-refractivity contribution >= 4 is 49.1 Å². The summed E-state index contributed by atoms with van der Waals surface area (Å²) in [5, 5.41) is 1.29. The zero-order valence-electron chi connectivity index (χ0n) is 23.5. The minimum Gasteiger partial charge on any atom is -0.455 e. The van der Waals surface area contributed by atoms with Crippen molar-refractivity contribution in [3.63, 3.8) is 0 Å². The van der Waals surface area contributed by atoms with E-state index in [1.807, 2.05) is 24.3 Å². The second kappa shape index (κ2) is 10.5. The van der Waals surface area contributed by atoms with Crippen LogP contribution in [0.5, 0.6) is 0 Å². The normalized spacial score (nSPS) is 11.6. The van der Waals surface area contributed by atoms with Crippen LogP contribution in [0.25, 0.3) is 60.4 Å². The molecule has 3 aromatic heterocycles. The van der Waals surface area contributed by atoms with Crippen molar-refractivity contribution in [3.8, 4) is 33.7 Å². The predicted molar refractivity (Wildman–Crippen MR) is 166 cm³/mol. The van der Waals surface area contributed by atoms with Crippen LogP contribution in [0.15, 0.2) is 83.5 Å². The molecular weight excluding hydrogens is 567 g/mol. The van der Waals surface area contributed by atoms with E-state index in [0.29, 0.717) is 44.6 Å². The van der Waals surface area contributed by atoms with Gasteiger partial charge in [-0.2, -0.15) is 0 Å². The number of halogens is 1. The molecule has 0 amide bonds. The maximum atomic E-state index is 13.7. The summed E-state index contributed by atoms with van der Waals surface area (Å²) < 4.78 is 46.5. The van der Waals surface area contributed by atoms with Gasteiger partial charge >= 0.3 is 0 Å². The largest absolute Gasteiger partial charge is 0.455 e. The van der Waals surface area contributed by atoms with Gasteiger partial charge in [0.2, 0.25) is 10.0 Å². The molecule has 214 valence electrons. The first-order valence-electron chi connectivity index (χ1n) is 13.4. The average molecular weight is 593 g/mol. The summed E-state index contributed by atoms with van der Waals surface area (Å²) in [7, 11) is -2.25. The van der Waals surface area contributed by atoms with Crippen molar-refractivity contribution in [3.05, 3.63) is 102 Å². The Bertz CT molecular complexity index is 2210. The van der Waals surface area contributed by atoms with Crippen LogP contribution < -0.4 is 4.31 Å². The minimum atomic E-state index is -3.70. The third kappa shape index (κ3) is 4.94. The molecule has 0 atom stereocenters. The summed E-state index contributed by atoms with van der Waals surface area (Å²) in [4.78, 5) is 24.7. The van der Waals surface area contributed by atoms with Crippen LogP contribution in [0, 0.1) is 12.4 Å². The van der Waals surface area contributed by atoms with Gasteiger partial charge in [-0.25, -0.2) is 17.7 Å². The van der Waals surface area contributed by atoms with Gasteiger partial charge in [0.15, 0.2) is 11.5 Å². The van der Waals surface area contributed by atoms with Gasteiger partial charge in [0, 0.05) is 76.2 Å². The molecule has 0 unspecified atom stereocenters. The van der Waals surface area contributed by atoms with Gasteiger partial charge in [-0.3, -0.25) is 14.1 Å². The third-order valence-electron chi connectivity index (χ3n) is 7.47. The molecule has 3 heterocycles. The Morgan fingerprint density at radius 1 is 1.02 bits per heavy atom. The summed E-state index contributed by atoms with van der Waals surface area (Å²) in [5.74, 6) is -0.309. The summed E-state index contributed by atoms with van der Waals surface area (Å²) in [6, 6.07) is 18.2. The Morgan fingerprint density at radius 2 is 1.77 bits per heavy atom. The van der Waals surface area contributed by atoms with E-state index in [1.165, 1.54) is 31.3 Å². The average Bonchev–Trinajstić information content (AvgIpc) is 3.61. The van der Waals surface area contributed by atoms with Gasteiger partial charge in [-0.05, 0) is 48.5 Å². The summed E-state index contributed by atoms with van der Waals surface area (Å²) >= 11 is 0. The lowest BCUT2D eigenvalue weighted by molar-refractivity contribution is 0.0989. The molecule has 8 nitrogen and oxygen atoms in total. The monoisotopic (exact) mass is 592 g/mol. The van der Waals surface area contributed by atoms with E-state index in [1.54, 1.807) is 37.5 Å². The first kappa shape index (κ1) is 27.9. The van der Waals surface area contributed by atoms with E-state index < -0.39 is 15.8 Å². The first-order valence-corrected chi connectivity index (χ1v) is 15.2. The molecule has 0 saturated carbocycles. The number of H-pyrrole nitrogens is 1. The Morgan fingerprint density at radius 3 is 2.47 bits per heavy atom. The number of hydrogen-bond acceptors (Lipinski definition) is 5. The van der Waals surface area contributed by atoms with Crippen LogP contribution in [0.1, 0.15) is 23.7 Å².